The number of benzene rings is 1. The number of ether oxygens (including phenoxy) is 1. The number of aliphatic imine (C=N–C) groups is 1. The van der Waals surface area contributed by atoms with Crippen molar-refractivity contribution in [1.29, 1.82) is 0 Å². The molecule has 0 radical (unpaired) electrons. The van der Waals surface area contributed by atoms with Gasteiger partial charge in [0, 0.05) is 31.6 Å². The van der Waals surface area contributed by atoms with Crippen molar-refractivity contribution in [1.82, 2.24) is 10.2 Å². The van der Waals surface area contributed by atoms with E-state index in [-0.39, 0.29) is 5.91 Å². The Labute approximate surface area is 205 Å². The number of nitrogens with two attached hydrogens (primary N) is 1. The first kappa shape index (κ1) is 25.5. The highest BCUT2D eigenvalue weighted by molar-refractivity contribution is 7.11. The first-order chi connectivity index (χ1) is 16.1. The number of rotatable bonds is 7. The third-order valence-electron chi connectivity index (χ3n) is 5.27. The molecule has 0 spiro atoms. The molecule has 8 heteroatoms. The van der Waals surface area contributed by atoms with E-state index in [1.807, 2.05) is 62.3 Å². The second-order valence-corrected chi connectivity index (χ2v) is 10.4. The van der Waals surface area contributed by atoms with Crippen LogP contribution in [0.15, 0.2) is 40.2 Å². The van der Waals surface area contributed by atoms with Gasteiger partial charge in [0.05, 0.1) is 10.6 Å². The van der Waals surface area contributed by atoms with E-state index in [0.717, 1.165) is 33.7 Å². The van der Waals surface area contributed by atoms with Gasteiger partial charge < -0.3 is 20.7 Å². The van der Waals surface area contributed by atoms with Gasteiger partial charge >= 0.3 is 6.09 Å². The average Bonchev–Trinajstić information content (AvgIpc) is 3.10. The number of amides is 2. The largest absolute Gasteiger partial charge is 0.444 e. The molecule has 1 aliphatic rings. The van der Waals surface area contributed by atoms with Crippen LogP contribution in [0.5, 0.6) is 0 Å². The summed E-state index contributed by atoms with van der Waals surface area (Å²) in [6.45, 7) is 11.1. The van der Waals surface area contributed by atoms with Gasteiger partial charge in [0.2, 0.25) is 0 Å². The van der Waals surface area contributed by atoms with Crippen LogP contribution in [-0.2, 0) is 22.6 Å². The molecule has 0 saturated heterocycles. The first-order valence-corrected chi connectivity index (χ1v) is 12.4. The fourth-order valence-electron chi connectivity index (χ4n) is 3.73. The highest BCUT2D eigenvalue weighted by Crippen LogP contribution is 2.31. The molecule has 3 N–H and O–H groups in total. The standard InChI is InChI=1S/C26H34N4O3S/c1-6-10-30(24(31)20-13-22-21(9-11-34-22)29-23(27)14-20)16-18-7-8-19(17(2)12-18)15-28-25(32)33-26(3,4)5/h7-9,11-13H,6,10,14-16H2,1-5H3,(H2,27,29)(H,28,32). The van der Waals surface area contributed by atoms with E-state index >= 15 is 0 Å². The lowest BCUT2D eigenvalue weighted by Crippen LogP contribution is -2.33. The fraction of sp³-hybridized carbons (Fsp3) is 0.423. The van der Waals surface area contributed by atoms with Crippen LogP contribution in [0.3, 0.4) is 0 Å². The van der Waals surface area contributed by atoms with Crippen molar-refractivity contribution in [3.05, 3.63) is 56.8 Å². The molecule has 0 atom stereocenters. The molecule has 1 aliphatic heterocycles. The molecule has 0 fully saturated rings. The van der Waals surface area contributed by atoms with Crippen LogP contribution < -0.4 is 11.1 Å². The summed E-state index contributed by atoms with van der Waals surface area (Å²) in [6.07, 6.45) is 2.67. The molecular weight excluding hydrogens is 448 g/mol. The van der Waals surface area contributed by atoms with Crippen LogP contribution in [0.4, 0.5) is 10.5 Å². The van der Waals surface area contributed by atoms with E-state index in [9.17, 15) is 9.59 Å². The Hall–Kier alpha value is -3.13. The summed E-state index contributed by atoms with van der Waals surface area (Å²) < 4.78 is 5.30. The monoisotopic (exact) mass is 482 g/mol. The maximum absolute atomic E-state index is 13.5. The summed E-state index contributed by atoms with van der Waals surface area (Å²) in [6, 6.07) is 7.98. The van der Waals surface area contributed by atoms with Gasteiger partial charge in [0.15, 0.2) is 0 Å². The van der Waals surface area contributed by atoms with Crippen molar-refractivity contribution in [3.8, 4) is 0 Å². The van der Waals surface area contributed by atoms with Gasteiger partial charge in [0.25, 0.3) is 5.91 Å². The van der Waals surface area contributed by atoms with Gasteiger partial charge in [-0.25, -0.2) is 9.79 Å². The molecule has 182 valence electrons. The van der Waals surface area contributed by atoms with Crippen LogP contribution >= 0.6 is 11.3 Å². The number of thiophene rings is 1. The number of amidine groups is 1. The van der Waals surface area contributed by atoms with Gasteiger partial charge in [-0.15, -0.1) is 11.3 Å². The van der Waals surface area contributed by atoms with Gasteiger partial charge in [-0.05, 0) is 68.3 Å². The molecule has 2 amide bonds. The highest BCUT2D eigenvalue weighted by Gasteiger charge is 2.22. The SMILES string of the molecule is CCCN(Cc1ccc(CNC(=O)OC(C)(C)C)c(C)c1)C(=O)C1=Cc2sccc2N=C(N)C1. The Morgan fingerprint density at radius 1 is 1.26 bits per heavy atom. The van der Waals surface area contributed by atoms with Crippen LogP contribution in [0.1, 0.15) is 62.1 Å². The Kier molecular flexibility index (Phi) is 8.15. The zero-order valence-corrected chi connectivity index (χ0v) is 21.4. The van der Waals surface area contributed by atoms with Crippen LogP contribution in [0.25, 0.3) is 6.08 Å². The Morgan fingerprint density at radius 3 is 2.71 bits per heavy atom. The topological polar surface area (TPSA) is 97.0 Å². The molecule has 0 unspecified atom stereocenters. The second kappa shape index (κ2) is 10.9. The van der Waals surface area contributed by atoms with E-state index in [4.69, 9.17) is 10.5 Å². The van der Waals surface area contributed by atoms with Gasteiger partial charge in [-0.3, -0.25) is 4.79 Å². The van der Waals surface area contributed by atoms with Crippen LogP contribution in [0.2, 0.25) is 0 Å². The quantitative estimate of drug-likeness (QED) is 0.560. The molecule has 2 heterocycles. The van der Waals surface area contributed by atoms with Crippen LogP contribution in [-0.4, -0.2) is 34.9 Å². The van der Waals surface area contributed by atoms with E-state index < -0.39 is 11.7 Å². The van der Waals surface area contributed by atoms with Crippen molar-refractivity contribution in [3.63, 3.8) is 0 Å². The number of hydrogen-bond acceptors (Lipinski definition) is 6. The summed E-state index contributed by atoms with van der Waals surface area (Å²) in [7, 11) is 0. The fourth-order valence-corrected chi connectivity index (χ4v) is 4.52. The number of aryl methyl sites for hydroxylation is 1. The molecular formula is C26H34N4O3S. The normalized spacial score (nSPS) is 13.3. The number of alkyl carbamates (subject to hydrolysis) is 1. The minimum absolute atomic E-state index is 0.0189. The molecule has 2 aromatic rings. The summed E-state index contributed by atoms with van der Waals surface area (Å²) in [5.41, 5.74) is 10.1. The molecule has 34 heavy (non-hydrogen) atoms. The zero-order valence-electron chi connectivity index (χ0n) is 20.6. The lowest BCUT2D eigenvalue weighted by molar-refractivity contribution is -0.127. The predicted molar refractivity (Wildman–Crippen MR) is 138 cm³/mol. The smallest absolute Gasteiger partial charge is 0.407 e. The molecule has 3 rings (SSSR count). The van der Waals surface area contributed by atoms with E-state index in [1.54, 1.807) is 11.3 Å². The van der Waals surface area contributed by atoms with Gasteiger partial charge in [0.1, 0.15) is 11.4 Å². The number of carbonyl (C=O) groups excluding carboxylic acids is 2. The number of hydrogen-bond donors (Lipinski definition) is 2. The molecule has 7 nitrogen and oxygen atoms in total. The Morgan fingerprint density at radius 2 is 2.03 bits per heavy atom. The number of nitrogens with one attached hydrogen (secondary N) is 1. The van der Waals surface area contributed by atoms with E-state index in [1.165, 1.54) is 0 Å². The lowest BCUT2D eigenvalue weighted by atomic mass is 10.0. The summed E-state index contributed by atoms with van der Waals surface area (Å²) >= 11 is 1.56. The second-order valence-electron chi connectivity index (χ2n) is 9.46. The average molecular weight is 483 g/mol. The highest BCUT2D eigenvalue weighted by atomic mass is 32.1. The van der Waals surface area contributed by atoms with Crippen molar-refractivity contribution in [2.75, 3.05) is 6.54 Å². The number of nitrogens with zero attached hydrogens (tertiary/aromatic N) is 2. The molecule has 0 saturated carbocycles. The van der Waals surface area contributed by atoms with Crippen molar-refractivity contribution in [2.45, 2.75) is 66.2 Å². The van der Waals surface area contributed by atoms with Crippen LogP contribution in [0, 0.1) is 6.92 Å². The maximum atomic E-state index is 13.5. The van der Waals surface area contributed by atoms with E-state index in [2.05, 4.69) is 23.3 Å². The van der Waals surface area contributed by atoms with Crippen molar-refractivity contribution in [2.24, 2.45) is 10.7 Å². The van der Waals surface area contributed by atoms with E-state index in [0.29, 0.717) is 37.5 Å². The minimum atomic E-state index is -0.535. The molecule has 0 bridgehead atoms. The zero-order chi connectivity index (χ0) is 24.9. The van der Waals surface area contributed by atoms with Crippen molar-refractivity contribution < 1.29 is 14.3 Å². The summed E-state index contributed by atoms with van der Waals surface area (Å²) in [5, 5.41) is 4.75. The van der Waals surface area contributed by atoms with Crippen molar-refractivity contribution >= 4 is 40.9 Å². The van der Waals surface area contributed by atoms with Gasteiger partial charge in [-0.1, -0.05) is 25.1 Å². The maximum Gasteiger partial charge on any atom is 0.407 e. The van der Waals surface area contributed by atoms with Gasteiger partial charge in [-0.2, -0.15) is 0 Å². The Bertz CT molecular complexity index is 1110. The third kappa shape index (κ3) is 6.93. The first-order valence-electron chi connectivity index (χ1n) is 11.5. The minimum Gasteiger partial charge on any atom is -0.444 e. The molecule has 1 aromatic heterocycles. The summed E-state index contributed by atoms with van der Waals surface area (Å²) in [5.74, 6) is 0.431. The number of carbonyl (C=O) groups is 2. The Balaban J connectivity index is 1.71. The third-order valence-corrected chi connectivity index (χ3v) is 6.13. The molecule has 1 aromatic carbocycles. The molecule has 0 aliphatic carbocycles. The summed E-state index contributed by atoms with van der Waals surface area (Å²) in [4.78, 5) is 32.7. The predicted octanol–water partition coefficient (Wildman–Crippen LogP) is 5.30. The lowest BCUT2D eigenvalue weighted by Gasteiger charge is -2.24. The number of fused-ring (bicyclic) bond motifs is 1.